The summed E-state index contributed by atoms with van der Waals surface area (Å²) in [6, 6.07) is 32.6. The maximum absolute atomic E-state index is 13.1. The molecule has 0 bridgehead atoms. The van der Waals surface area contributed by atoms with E-state index in [4.69, 9.17) is 4.74 Å². The third kappa shape index (κ3) is 7.44. The lowest BCUT2D eigenvalue weighted by Gasteiger charge is -2.62. The largest absolute Gasteiger partial charge is 0.508 e. The SMILES string of the molecule is CCC(=C(c1ccc(O)cc1)c1ccc(OCCN2CC3(CC(N4CCN(c5ccc6c(c5)CN(C5CCC(=O)NC5=O)C6=O)CC4)C3)C2)cc1)c1ccccc1. The van der Waals surface area contributed by atoms with Gasteiger partial charge in [0.15, 0.2) is 0 Å². The summed E-state index contributed by atoms with van der Waals surface area (Å²) < 4.78 is 6.24. The van der Waals surface area contributed by atoms with E-state index in [1.165, 1.54) is 29.6 Å². The highest BCUT2D eigenvalue weighted by Gasteiger charge is 2.53. The molecule has 10 nitrogen and oxygen atoms in total. The normalized spacial score (nSPS) is 21.5. The van der Waals surface area contributed by atoms with Crippen molar-refractivity contribution >= 4 is 34.6 Å². The molecule has 3 amide bonds. The summed E-state index contributed by atoms with van der Waals surface area (Å²) in [5, 5.41) is 12.3. The van der Waals surface area contributed by atoms with Crippen LogP contribution in [0.15, 0.2) is 97.1 Å². The molecule has 1 spiro atoms. The van der Waals surface area contributed by atoms with Gasteiger partial charge >= 0.3 is 0 Å². The van der Waals surface area contributed by atoms with E-state index in [1.807, 2.05) is 30.3 Å². The number of amides is 3. The number of benzene rings is 4. The van der Waals surface area contributed by atoms with Gasteiger partial charge in [-0.2, -0.15) is 0 Å². The van der Waals surface area contributed by atoms with Crippen molar-refractivity contribution < 1.29 is 24.2 Å². The standard InChI is InChI=1S/C47H51N5O5/c1-2-40(32-6-4-3-5-7-32)44(33-8-13-38(53)14-9-33)34-10-15-39(16-11-34)57-25-24-49-30-47(31-49)27-37(28-47)51-22-20-50(21-23-51)36-12-17-41-35(26-36)29-52(46(41)56)42-18-19-43(54)48-45(42)55/h3-17,26,37,42,53H,2,18-25,27-31H2,1H3,(H,48,54,55). The molecule has 4 fully saturated rings. The number of rotatable bonds is 11. The van der Waals surface area contributed by atoms with Crippen molar-refractivity contribution in [3.63, 3.8) is 0 Å². The van der Waals surface area contributed by atoms with Gasteiger partial charge in [0.25, 0.3) is 5.91 Å². The average Bonchev–Trinajstić information content (AvgIpc) is 3.53. The molecule has 0 radical (unpaired) electrons. The Morgan fingerprint density at radius 1 is 0.842 bits per heavy atom. The fraction of sp³-hybridized carbons (Fsp3) is 0.383. The van der Waals surface area contributed by atoms with Gasteiger partial charge in [0.05, 0.1) is 0 Å². The predicted molar refractivity (Wildman–Crippen MR) is 221 cm³/mol. The first-order chi connectivity index (χ1) is 27.8. The molecule has 4 heterocycles. The molecule has 1 atom stereocenters. The number of carbonyl (C=O) groups excluding carboxylic acids is 3. The number of phenols is 1. The molecule has 57 heavy (non-hydrogen) atoms. The van der Waals surface area contributed by atoms with Gasteiger partial charge in [-0.25, -0.2) is 0 Å². The number of imide groups is 1. The first-order valence-corrected chi connectivity index (χ1v) is 20.6. The van der Waals surface area contributed by atoms with E-state index in [1.54, 1.807) is 17.0 Å². The zero-order valence-electron chi connectivity index (χ0n) is 32.7. The Labute approximate surface area is 334 Å². The van der Waals surface area contributed by atoms with E-state index in [9.17, 15) is 19.5 Å². The van der Waals surface area contributed by atoms with E-state index >= 15 is 0 Å². The molecule has 1 saturated carbocycles. The van der Waals surface area contributed by atoms with Gasteiger partial charge < -0.3 is 19.6 Å². The zero-order valence-corrected chi connectivity index (χ0v) is 32.7. The van der Waals surface area contributed by atoms with Crippen molar-refractivity contribution in [2.24, 2.45) is 5.41 Å². The summed E-state index contributed by atoms with van der Waals surface area (Å²) >= 11 is 0. The molecular weight excluding hydrogens is 715 g/mol. The van der Waals surface area contributed by atoms with Crippen molar-refractivity contribution in [2.75, 3.05) is 57.3 Å². The van der Waals surface area contributed by atoms with Crippen LogP contribution in [0.4, 0.5) is 5.69 Å². The van der Waals surface area contributed by atoms with Crippen LogP contribution in [0.2, 0.25) is 0 Å². The molecule has 1 aliphatic carbocycles. The number of nitrogens with one attached hydrogen (secondary N) is 1. The van der Waals surface area contributed by atoms with Gasteiger partial charge in [0, 0.05) is 76.1 Å². The van der Waals surface area contributed by atoms with Crippen LogP contribution in [0.3, 0.4) is 0 Å². The molecule has 0 aromatic heterocycles. The van der Waals surface area contributed by atoms with E-state index in [0.29, 0.717) is 36.6 Å². The number of allylic oxidation sites excluding steroid dienone is 1. The molecule has 9 rings (SSSR count). The second kappa shape index (κ2) is 15.5. The molecular formula is C47H51N5O5. The van der Waals surface area contributed by atoms with Crippen molar-refractivity contribution in [1.82, 2.24) is 20.0 Å². The number of aromatic hydroxyl groups is 1. The van der Waals surface area contributed by atoms with Gasteiger partial charge in [-0.3, -0.25) is 29.5 Å². The van der Waals surface area contributed by atoms with Crippen molar-refractivity contribution in [3.8, 4) is 11.5 Å². The fourth-order valence-corrected chi connectivity index (χ4v) is 9.94. The van der Waals surface area contributed by atoms with Crippen LogP contribution >= 0.6 is 0 Å². The Morgan fingerprint density at radius 2 is 1.54 bits per heavy atom. The molecule has 4 aromatic carbocycles. The summed E-state index contributed by atoms with van der Waals surface area (Å²) in [6.07, 6.45) is 4.05. The minimum Gasteiger partial charge on any atom is -0.508 e. The number of fused-ring (bicyclic) bond motifs is 1. The monoisotopic (exact) mass is 765 g/mol. The number of carbonyl (C=O) groups is 3. The molecule has 10 heteroatoms. The third-order valence-electron chi connectivity index (χ3n) is 12.9. The number of hydrogen-bond acceptors (Lipinski definition) is 8. The third-order valence-corrected chi connectivity index (χ3v) is 12.9. The van der Waals surface area contributed by atoms with Gasteiger partial charge in [0.2, 0.25) is 11.8 Å². The van der Waals surface area contributed by atoms with Crippen LogP contribution in [0.5, 0.6) is 11.5 Å². The number of piperidine rings is 1. The molecule has 3 saturated heterocycles. The van der Waals surface area contributed by atoms with Gasteiger partial charge in [-0.05, 0) is 107 Å². The minimum absolute atomic E-state index is 0.123. The Hall–Kier alpha value is -5.45. The molecule has 5 aliphatic rings. The molecule has 2 N–H and O–H groups in total. The second-order valence-electron chi connectivity index (χ2n) is 16.5. The number of phenolic OH excluding ortho intramolecular Hbond substituents is 1. The lowest BCUT2D eigenvalue weighted by Crippen LogP contribution is -2.68. The summed E-state index contributed by atoms with van der Waals surface area (Å²) in [4.78, 5) is 46.5. The minimum atomic E-state index is -0.587. The average molecular weight is 766 g/mol. The first-order valence-electron chi connectivity index (χ1n) is 20.6. The van der Waals surface area contributed by atoms with Gasteiger partial charge in [0.1, 0.15) is 24.1 Å². The van der Waals surface area contributed by atoms with E-state index in [0.717, 1.165) is 80.4 Å². The maximum atomic E-state index is 13.1. The second-order valence-corrected chi connectivity index (χ2v) is 16.5. The van der Waals surface area contributed by atoms with Crippen LogP contribution in [-0.2, 0) is 16.1 Å². The Morgan fingerprint density at radius 3 is 2.23 bits per heavy atom. The topological polar surface area (TPSA) is 106 Å². The zero-order chi connectivity index (χ0) is 39.1. The highest BCUT2D eigenvalue weighted by molar-refractivity contribution is 6.05. The number of likely N-dealkylation sites (tertiary alicyclic amines) is 1. The van der Waals surface area contributed by atoms with Crippen molar-refractivity contribution in [2.45, 2.75) is 57.7 Å². The molecule has 294 valence electrons. The van der Waals surface area contributed by atoms with Crippen LogP contribution in [0.1, 0.15) is 71.6 Å². The number of ether oxygens (including phenoxy) is 1. The summed E-state index contributed by atoms with van der Waals surface area (Å²) in [5.74, 6) is 0.375. The quantitative estimate of drug-likeness (QED) is 0.138. The van der Waals surface area contributed by atoms with Crippen LogP contribution in [-0.4, -0.2) is 102 Å². The van der Waals surface area contributed by atoms with Gasteiger partial charge in [-0.1, -0.05) is 61.5 Å². The predicted octanol–water partition coefficient (Wildman–Crippen LogP) is 6.19. The smallest absolute Gasteiger partial charge is 0.255 e. The molecule has 1 unspecified atom stereocenters. The van der Waals surface area contributed by atoms with Gasteiger partial charge in [-0.15, -0.1) is 0 Å². The number of hydrogen-bond donors (Lipinski definition) is 2. The number of piperazine rings is 1. The van der Waals surface area contributed by atoms with E-state index < -0.39 is 6.04 Å². The lowest BCUT2D eigenvalue weighted by atomic mass is 9.60. The van der Waals surface area contributed by atoms with Crippen LogP contribution in [0, 0.1) is 5.41 Å². The van der Waals surface area contributed by atoms with Crippen molar-refractivity contribution in [1.29, 1.82) is 0 Å². The Bertz CT molecular complexity index is 2160. The number of nitrogens with zero attached hydrogens (tertiary/aromatic N) is 4. The highest BCUT2D eigenvalue weighted by Crippen LogP contribution is 2.50. The Kier molecular flexibility index (Phi) is 10.1. The number of anilines is 1. The molecule has 4 aromatic rings. The Balaban J connectivity index is 0.726. The summed E-state index contributed by atoms with van der Waals surface area (Å²) in [5.41, 5.74) is 9.04. The summed E-state index contributed by atoms with van der Waals surface area (Å²) in [7, 11) is 0. The lowest BCUT2D eigenvalue weighted by molar-refractivity contribution is -0.136. The highest BCUT2D eigenvalue weighted by atomic mass is 16.5. The van der Waals surface area contributed by atoms with Crippen LogP contribution < -0.4 is 15.0 Å². The van der Waals surface area contributed by atoms with Crippen molar-refractivity contribution in [3.05, 3.63) is 125 Å². The first kappa shape index (κ1) is 37.1. The fourth-order valence-electron chi connectivity index (χ4n) is 9.94. The van der Waals surface area contributed by atoms with E-state index in [2.05, 4.69) is 81.5 Å². The summed E-state index contributed by atoms with van der Waals surface area (Å²) in [6.45, 7) is 10.5. The van der Waals surface area contributed by atoms with E-state index in [-0.39, 0.29) is 29.9 Å². The molecule has 4 aliphatic heterocycles. The maximum Gasteiger partial charge on any atom is 0.255 e. The van der Waals surface area contributed by atoms with Crippen LogP contribution in [0.25, 0.3) is 11.1 Å².